The Hall–Kier alpha value is -8.46. The highest BCUT2D eigenvalue weighted by Crippen LogP contribution is 2.51. The summed E-state index contributed by atoms with van der Waals surface area (Å²) in [6, 6.07) is 87.0. The fourth-order valence-corrected chi connectivity index (χ4v) is 10.9. The average molecular weight is 928 g/mol. The fraction of sp³-hybridized carbons (Fsp3) is 0.114. The van der Waals surface area contributed by atoms with E-state index in [1.807, 2.05) is 6.07 Å². The molecule has 12 rings (SSSR count). The van der Waals surface area contributed by atoms with Crippen molar-refractivity contribution in [1.29, 1.82) is 0 Å². The van der Waals surface area contributed by atoms with E-state index in [1.165, 1.54) is 66.1 Å². The third-order valence-electron chi connectivity index (χ3n) is 14.6. The predicted octanol–water partition coefficient (Wildman–Crippen LogP) is 20.3. The zero-order chi connectivity index (χ0) is 49.1. The molecule has 0 fully saturated rings. The van der Waals surface area contributed by atoms with Crippen LogP contribution in [0.25, 0.3) is 99.1 Å². The quantitative estimate of drug-likeness (QED) is 0.151. The van der Waals surface area contributed by atoms with Crippen molar-refractivity contribution in [2.45, 2.75) is 52.4 Å². The van der Waals surface area contributed by atoms with Crippen molar-refractivity contribution in [3.8, 4) is 55.6 Å². The van der Waals surface area contributed by atoms with Gasteiger partial charge in [-0.3, -0.25) is 0 Å². The van der Waals surface area contributed by atoms with Crippen LogP contribution in [-0.4, -0.2) is 0 Å². The molecule has 11 aromatic carbocycles. The Morgan fingerprint density at radius 3 is 1.28 bits per heavy atom. The Balaban J connectivity index is 1.14. The average Bonchev–Trinajstić information content (AvgIpc) is 3.78. The van der Waals surface area contributed by atoms with Gasteiger partial charge >= 0.3 is 0 Å². The third-order valence-corrected chi connectivity index (χ3v) is 14.6. The lowest BCUT2D eigenvalue weighted by atomic mass is 9.78. The van der Waals surface area contributed by atoms with Gasteiger partial charge in [0, 0.05) is 27.5 Å². The summed E-state index contributed by atoms with van der Waals surface area (Å²) in [4.78, 5) is 2.52. The lowest BCUT2D eigenvalue weighted by molar-refractivity contribution is 0.569. The zero-order valence-corrected chi connectivity index (χ0v) is 41.9. The minimum absolute atomic E-state index is 0.0296. The smallest absolute Gasteiger partial charge is 0.136 e. The maximum atomic E-state index is 6.55. The van der Waals surface area contributed by atoms with Crippen molar-refractivity contribution in [3.05, 3.63) is 248 Å². The Morgan fingerprint density at radius 2 is 0.722 bits per heavy atom. The number of para-hydroxylation sites is 4. The van der Waals surface area contributed by atoms with E-state index >= 15 is 0 Å². The van der Waals surface area contributed by atoms with Crippen LogP contribution >= 0.6 is 0 Å². The van der Waals surface area contributed by atoms with Gasteiger partial charge in [0.05, 0.1) is 17.1 Å². The van der Waals surface area contributed by atoms with Crippen molar-refractivity contribution in [3.63, 3.8) is 0 Å². The van der Waals surface area contributed by atoms with Crippen LogP contribution in [0.4, 0.5) is 17.1 Å². The molecule has 72 heavy (non-hydrogen) atoms. The molecule has 2 nitrogen and oxygen atoms in total. The summed E-state index contributed by atoms with van der Waals surface area (Å²) in [6.45, 7) is 13.9. The first-order chi connectivity index (χ1) is 35.0. The highest BCUT2D eigenvalue weighted by atomic mass is 16.3. The standard InChI is InChI=1S/C70H57NO/c1-69(2,3)51-42-50(43-52(45-51)70(4,5)6)55-33-19-25-48-27-21-35-61(68(48)55)57-30-12-16-38-64(57)71(62-36-14-10-28-53(62)49-40-41-59-58-31-13-17-39-65(58)72-66(59)44-49)63-37-15-11-29-56(63)60-34-20-26-47-24-18-32-54(67(47)60)46-22-8-7-9-23-46/h7-45H,1-6H3. The first-order valence-electron chi connectivity index (χ1n) is 25.2. The second-order valence-corrected chi connectivity index (χ2v) is 21.3. The molecule has 0 atom stereocenters. The molecule has 0 amide bonds. The van der Waals surface area contributed by atoms with Crippen molar-refractivity contribution in [2.75, 3.05) is 4.90 Å². The number of anilines is 3. The van der Waals surface area contributed by atoms with Crippen molar-refractivity contribution in [2.24, 2.45) is 0 Å². The number of hydrogen-bond donors (Lipinski definition) is 0. The van der Waals surface area contributed by atoms with Crippen molar-refractivity contribution < 1.29 is 4.42 Å². The lowest BCUT2D eigenvalue weighted by Gasteiger charge is -2.32. The highest BCUT2D eigenvalue weighted by molar-refractivity contribution is 6.12. The van der Waals surface area contributed by atoms with E-state index in [4.69, 9.17) is 4.42 Å². The lowest BCUT2D eigenvalue weighted by Crippen LogP contribution is -2.16. The Bertz CT molecular complexity index is 3970. The number of benzene rings is 11. The molecule has 1 aromatic heterocycles. The largest absolute Gasteiger partial charge is 0.456 e. The molecule has 0 N–H and O–H groups in total. The molecule has 2 heteroatoms. The summed E-state index contributed by atoms with van der Waals surface area (Å²) < 4.78 is 6.55. The van der Waals surface area contributed by atoms with Crippen LogP contribution in [0.3, 0.4) is 0 Å². The number of hydrogen-bond acceptors (Lipinski definition) is 2. The van der Waals surface area contributed by atoms with Crippen LogP contribution in [0.2, 0.25) is 0 Å². The summed E-state index contributed by atoms with van der Waals surface area (Å²) in [7, 11) is 0. The van der Waals surface area contributed by atoms with Crippen LogP contribution in [0.5, 0.6) is 0 Å². The summed E-state index contributed by atoms with van der Waals surface area (Å²) in [5, 5.41) is 7.09. The second-order valence-electron chi connectivity index (χ2n) is 21.3. The molecular formula is C70H57NO. The number of furan rings is 1. The summed E-state index contributed by atoms with van der Waals surface area (Å²) >= 11 is 0. The Kier molecular flexibility index (Phi) is 11.0. The first-order valence-corrected chi connectivity index (χ1v) is 25.2. The summed E-state index contributed by atoms with van der Waals surface area (Å²) in [5.74, 6) is 0. The highest BCUT2D eigenvalue weighted by Gasteiger charge is 2.27. The van der Waals surface area contributed by atoms with E-state index in [0.717, 1.165) is 61.3 Å². The number of nitrogens with zero attached hydrogens (tertiary/aromatic N) is 1. The van der Waals surface area contributed by atoms with E-state index in [0.29, 0.717) is 0 Å². The molecule has 12 aromatic rings. The van der Waals surface area contributed by atoms with Crippen molar-refractivity contribution in [1.82, 2.24) is 0 Å². The van der Waals surface area contributed by atoms with Gasteiger partial charge in [0.25, 0.3) is 0 Å². The van der Waals surface area contributed by atoms with E-state index in [9.17, 15) is 0 Å². The van der Waals surface area contributed by atoms with Gasteiger partial charge in [-0.05, 0) is 119 Å². The van der Waals surface area contributed by atoms with Crippen LogP contribution in [0.1, 0.15) is 52.7 Å². The molecule has 0 unspecified atom stereocenters. The van der Waals surface area contributed by atoms with Crippen molar-refractivity contribution >= 4 is 60.5 Å². The van der Waals surface area contributed by atoms with E-state index in [1.54, 1.807) is 0 Å². The molecule has 1 heterocycles. The molecule has 0 aliphatic heterocycles. The van der Waals surface area contributed by atoms with Gasteiger partial charge in [-0.25, -0.2) is 0 Å². The van der Waals surface area contributed by atoms with Gasteiger partial charge in [0.15, 0.2) is 0 Å². The molecule has 0 aliphatic rings. The van der Waals surface area contributed by atoms with Gasteiger partial charge in [-0.15, -0.1) is 0 Å². The zero-order valence-electron chi connectivity index (χ0n) is 41.9. The third kappa shape index (κ3) is 7.94. The summed E-state index contributed by atoms with van der Waals surface area (Å²) in [6.07, 6.45) is 0. The van der Waals surface area contributed by atoms with E-state index in [-0.39, 0.29) is 10.8 Å². The van der Waals surface area contributed by atoms with Gasteiger partial charge in [-0.2, -0.15) is 0 Å². The van der Waals surface area contributed by atoms with E-state index < -0.39 is 0 Å². The predicted molar refractivity (Wildman–Crippen MR) is 308 cm³/mol. The maximum absolute atomic E-state index is 6.55. The molecule has 0 aliphatic carbocycles. The van der Waals surface area contributed by atoms with Crippen LogP contribution < -0.4 is 4.90 Å². The first kappa shape index (κ1) is 44.7. The normalized spacial score (nSPS) is 12.0. The Labute approximate surface area is 423 Å². The molecule has 0 bridgehead atoms. The molecule has 348 valence electrons. The van der Waals surface area contributed by atoms with Gasteiger partial charge in [-0.1, -0.05) is 242 Å². The molecule has 0 saturated carbocycles. The maximum Gasteiger partial charge on any atom is 0.136 e. The van der Waals surface area contributed by atoms with Gasteiger partial charge < -0.3 is 9.32 Å². The second kappa shape index (κ2) is 17.7. The molecule has 0 spiro atoms. The summed E-state index contributed by atoms with van der Waals surface area (Å²) in [5.41, 5.74) is 19.2. The fourth-order valence-electron chi connectivity index (χ4n) is 10.9. The van der Waals surface area contributed by atoms with Crippen LogP contribution in [0, 0.1) is 0 Å². The van der Waals surface area contributed by atoms with Crippen LogP contribution in [-0.2, 0) is 10.8 Å². The minimum atomic E-state index is -0.0296. The number of fused-ring (bicyclic) bond motifs is 5. The van der Waals surface area contributed by atoms with Gasteiger partial charge in [0.1, 0.15) is 11.2 Å². The van der Waals surface area contributed by atoms with E-state index in [2.05, 4.69) is 277 Å². The Morgan fingerprint density at radius 1 is 0.292 bits per heavy atom. The van der Waals surface area contributed by atoms with Gasteiger partial charge in [0.2, 0.25) is 0 Å². The van der Waals surface area contributed by atoms with Crippen LogP contribution in [0.15, 0.2) is 241 Å². The molecule has 0 saturated heterocycles. The SMILES string of the molecule is CC(C)(C)c1cc(-c2cccc3cccc(-c4ccccc4N(c4ccccc4-c4ccc5c(c4)oc4ccccc45)c4ccccc4-c4cccc5cccc(-c6ccccc6)c45)c23)cc(C(C)(C)C)c1. The number of rotatable bonds is 8. The molecule has 0 radical (unpaired) electrons. The topological polar surface area (TPSA) is 16.4 Å². The molecular weight excluding hydrogens is 871 g/mol. The minimum Gasteiger partial charge on any atom is -0.456 e. The monoisotopic (exact) mass is 927 g/mol.